The fourth-order valence-electron chi connectivity index (χ4n) is 2.61. The Morgan fingerprint density at radius 1 is 0.938 bits per heavy atom. The number of aliphatic imine (C=N–C) groups is 1. The zero-order chi connectivity index (χ0) is 22.7. The highest BCUT2D eigenvalue weighted by Crippen LogP contribution is 2.13. The van der Waals surface area contributed by atoms with E-state index in [1.165, 1.54) is 0 Å². The van der Waals surface area contributed by atoms with Crippen molar-refractivity contribution in [3.8, 4) is 5.75 Å². The van der Waals surface area contributed by atoms with Gasteiger partial charge < -0.3 is 26.4 Å². The quantitative estimate of drug-likeness (QED) is 0.219. The van der Waals surface area contributed by atoms with Gasteiger partial charge in [-0.1, -0.05) is 25.5 Å². The van der Waals surface area contributed by atoms with Crippen LogP contribution in [-0.4, -0.2) is 63.5 Å². The van der Waals surface area contributed by atoms with Gasteiger partial charge in [-0.2, -0.15) is 0 Å². The molecule has 0 heterocycles. The number of hydrogen-bond acceptors (Lipinski definition) is 4. The lowest BCUT2D eigenvalue weighted by atomic mass is 10.1. The van der Waals surface area contributed by atoms with Gasteiger partial charge >= 0.3 is 5.97 Å². The van der Waals surface area contributed by atoms with Crippen molar-refractivity contribution in [1.82, 2.24) is 0 Å². The van der Waals surface area contributed by atoms with E-state index in [-0.39, 0.29) is 24.3 Å². The molecule has 0 aliphatic heterocycles. The molecule has 6 nitrogen and oxygen atoms in total. The lowest BCUT2D eigenvalue weighted by molar-refractivity contribution is -0.870. The smallest absolute Gasteiger partial charge is 0.338 e. The van der Waals surface area contributed by atoms with Crippen molar-refractivity contribution in [2.75, 3.05) is 40.9 Å². The van der Waals surface area contributed by atoms with E-state index >= 15 is 0 Å². The molecule has 0 aromatic heterocycles. The predicted molar refractivity (Wildman–Crippen MR) is 123 cm³/mol. The van der Waals surface area contributed by atoms with Crippen LogP contribution in [0.1, 0.15) is 46.0 Å². The first-order valence-electron chi connectivity index (χ1n) is 10.6. The van der Waals surface area contributed by atoms with Crippen LogP contribution in [0.3, 0.4) is 0 Å². The third kappa shape index (κ3) is 10.1. The molecule has 0 saturated carbocycles. The number of esters is 1. The summed E-state index contributed by atoms with van der Waals surface area (Å²) >= 11 is 0. The molecule has 2 aromatic carbocycles. The number of likely N-dealkylation sites (N-methyl/N-ethyl adjacent to an activating group) is 1. The molecular formula is C25H33ClN2O4. The highest BCUT2D eigenvalue weighted by Gasteiger charge is 2.11. The molecule has 0 unspecified atom stereocenters. The lowest BCUT2D eigenvalue weighted by Crippen LogP contribution is -3.00. The van der Waals surface area contributed by atoms with E-state index < -0.39 is 0 Å². The molecule has 0 bridgehead atoms. The van der Waals surface area contributed by atoms with Gasteiger partial charge in [0, 0.05) is 18.2 Å². The maximum absolute atomic E-state index is 12.2. The summed E-state index contributed by atoms with van der Waals surface area (Å²) in [5.74, 6) is 0.133. The van der Waals surface area contributed by atoms with E-state index in [2.05, 4.69) is 11.9 Å². The molecule has 0 spiro atoms. The van der Waals surface area contributed by atoms with Crippen LogP contribution in [0.4, 0.5) is 0 Å². The second-order valence-corrected chi connectivity index (χ2v) is 8.39. The average Bonchev–Trinajstić information content (AvgIpc) is 2.74. The Morgan fingerprint density at radius 2 is 1.56 bits per heavy atom. The zero-order valence-corrected chi connectivity index (χ0v) is 20.1. The Labute approximate surface area is 197 Å². The Kier molecular flexibility index (Phi) is 11.7. The Bertz CT molecular complexity index is 872. The minimum Gasteiger partial charge on any atom is -1.00 e. The number of halogens is 1. The van der Waals surface area contributed by atoms with E-state index in [0.717, 1.165) is 35.2 Å². The molecule has 0 aliphatic rings. The topological polar surface area (TPSA) is 65.0 Å². The number of carbonyl (C=O) groups is 2. The molecule has 32 heavy (non-hydrogen) atoms. The lowest BCUT2D eigenvalue weighted by Gasteiger charge is -2.23. The summed E-state index contributed by atoms with van der Waals surface area (Å²) in [6.07, 6.45) is 4.17. The second kappa shape index (κ2) is 13.7. The standard InChI is InChI=1S/C25H33N2O4.ClH/c1-5-6-18-30-23-13-11-21(12-14-23)24(28)26-16-15-20-7-9-22(10-8-20)25(29)31-19-17-27(2,3)4;/h7-14,16H,5-6,15,17-19H2,1-4H3;1H/q+1;/p-1. The maximum Gasteiger partial charge on any atom is 0.338 e. The van der Waals surface area contributed by atoms with Gasteiger partial charge in [0.25, 0.3) is 5.91 Å². The normalized spacial score (nSPS) is 11.1. The predicted octanol–water partition coefficient (Wildman–Crippen LogP) is 1.19. The van der Waals surface area contributed by atoms with Gasteiger partial charge in [-0.05, 0) is 48.4 Å². The van der Waals surface area contributed by atoms with Crippen LogP contribution in [0.5, 0.6) is 5.75 Å². The highest BCUT2D eigenvalue weighted by atomic mass is 35.5. The van der Waals surface area contributed by atoms with Crippen molar-refractivity contribution in [2.24, 2.45) is 4.99 Å². The first kappa shape index (κ1) is 27.3. The molecule has 0 aliphatic carbocycles. The van der Waals surface area contributed by atoms with Crippen molar-refractivity contribution < 1.29 is 36.0 Å². The molecule has 0 atom stereocenters. The van der Waals surface area contributed by atoms with Crippen LogP contribution in [0.15, 0.2) is 53.5 Å². The van der Waals surface area contributed by atoms with Crippen LogP contribution in [-0.2, 0) is 11.2 Å². The van der Waals surface area contributed by atoms with Gasteiger partial charge in [0.05, 0.1) is 33.3 Å². The summed E-state index contributed by atoms with van der Waals surface area (Å²) in [7, 11) is 6.15. The fraction of sp³-hybridized carbons (Fsp3) is 0.400. The van der Waals surface area contributed by atoms with Gasteiger partial charge in [0.1, 0.15) is 18.9 Å². The molecule has 7 heteroatoms. The summed E-state index contributed by atoms with van der Waals surface area (Å²) in [5, 5.41) is 0. The minimum atomic E-state index is -0.328. The maximum atomic E-state index is 12.2. The molecular weight excluding hydrogens is 428 g/mol. The monoisotopic (exact) mass is 460 g/mol. The van der Waals surface area contributed by atoms with Crippen molar-refractivity contribution in [1.29, 1.82) is 0 Å². The van der Waals surface area contributed by atoms with Crippen molar-refractivity contribution >= 4 is 18.1 Å². The summed E-state index contributed by atoms with van der Waals surface area (Å²) in [4.78, 5) is 28.3. The van der Waals surface area contributed by atoms with Gasteiger partial charge in [-0.25, -0.2) is 9.79 Å². The van der Waals surface area contributed by atoms with E-state index in [9.17, 15) is 9.59 Å². The van der Waals surface area contributed by atoms with Crippen LogP contribution in [0.2, 0.25) is 0 Å². The number of amides is 1. The molecule has 0 radical (unpaired) electrons. The van der Waals surface area contributed by atoms with E-state index in [0.29, 0.717) is 30.8 Å². The largest absolute Gasteiger partial charge is 1.00 e. The summed E-state index contributed by atoms with van der Waals surface area (Å²) < 4.78 is 11.6. The summed E-state index contributed by atoms with van der Waals surface area (Å²) in [5.41, 5.74) is 1.99. The first-order valence-corrected chi connectivity index (χ1v) is 10.6. The number of benzene rings is 2. The van der Waals surface area contributed by atoms with Crippen LogP contribution < -0.4 is 17.1 Å². The number of carbonyl (C=O) groups excluding carboxylic acids is 2. The summed E-state index contributed by atoms with van der Waals surface area (Å²) in [6.45, 7) is 3.92. The number of unbranched alkanes of at least 4 members (excludes halogenated alkanes) is 1. The molecule has 1 amide bonds. The zero-order valence-electron chi connectivity index (χ0n) is 19.3. The molecule has 0 N–H and O–H groups in total. The van der Waals surface area contributed by atoms with Crippen molar-refractivity contribution in [2.45, 2.75) is 26.2 Å². The van der Waals surface area contributed by atoms with Crippen LogP contribution in [0, 0.1) is 0 Å². The van der Waals surface area contributed by atoms with Gasteiger partial charge in [0.15, 0.2) is 0 Å². The van der Waals surface area contributed by atoms with Crippen LogP contribution >= 0.6 is 0 Å². The molecule has 2 aromatic rings. The Morgan fingerprint density at radius 3 is 2.16 bits per heavy atom. The average molecular weight is 461 g/mol. The first-order chi connectivity index (χ1) is 14.8. The van der Waals surface area contributed by atoms with Crippen LogP contribution in [0.25, 0.3) is 0 Å². The van der Waals surface area contributed by atoms with Crippen molar-refractivity contribution in [3.63, 3.8) is 0 Å². The van der Waals surface area contributed by atoms with E-state index in [4.69, 9.17) is 9.47 Å². The van der Waals surface area contributed by atoms with Crippen molar-refractivity contribution in [3.05, 3.63) is 65.2 Å². The number of quaternary nitrogens is 1. The van der Waals surface area contributed by atoms with E-state index in [1.807, 2.05) is 33.3 Å². The number of rotatable bonds is 11. The Balaban J connectivity index is 0.00000512. The highest BCUT2D eigenvalue weighted by molar-refractivity contribution is 5.99. The molecule has 174 valence electrons. The number of nitrogens with zero attached hydrogens (tertiary/aromatic N) is 2. The number of ether oxygens (including phenoxy) is 2. The molecule has 2 rings (SSSR count). The third-order valence-electron chi connectivity index (χ3n) is 4.59. The molecule has 0 fully saturated rings. The minimum absolute atomic E-state index is 0. The SMILES string of the molecule is CCCCOc1ccc(C(=O)N=CCc2ccc(C(=O)OCC[N+](C)(C)C)cc2)cc1.[Cl-]. The number of hydrogen-bond donors (Lipinski definition) is 0. The Hall–Kier alpha value is -2.70. The van der Waals surface area contributed by atoms with Gasteiger partial charge in [-0.15, -0.1) is 0 Å². The van der Waals surface area contributed by atoms with Gasteiger partial charge in [-0.3, -0.25) is 4.79 Å². The fourth-order valence-corrected chi connectivity index (χ4v) is 2.61. The second-order valence-electron chi connectivity index (χ2n) is 8.39. The summed E-state index contributed by atoms with van der Waals surface area (Å²) in [6, 6.07) is 14.2. The third-order valence-corrected chi connectivity index (χ3v) is 4.59. The van der Waals surface area contributed by atoms with E-state index in [1.54, 1.807) is 42.6 Å². The van der Waals surface area contributed by atoms with Gasteiger partial charge in [0.2, 0.25) is 0 Å². The molecule has 0 saturated heterocycles.